The Kier molecular flexibility index (Phi) is 4.06. The van der Waals surface area contributed by atoms with Crippen molar-refractivity contribution in [2.75, 3.05) is 19.7 Å². The van der Waals surface area contributed by atoms with Crippen LogP contribution in [0.25, 0.3) is 0 Å². The van der Waals surface area contributed by atoms with Crippen molar-refractivity contribution < 1.29 is 19.4 Å². The van der Waals surface area contributed by atoms with Crippen LogP contribution < -0.4 is 5.32 Å². The Labute approximate surface area is 124 Å². The lowest BCUT2D eigenvalue weighted by Gasteiger charge is -2.31. The summed E-state index contributed by atoms with van der Waals surface area (Å²) in [6.07, 6.45) is 3.84. The summed E-state index contributed by atoms with van der Waals surface area (Å²) in [5.74, 6) is -0.599. The van der Waals surface area contributed by atoms with Crippen molar-refractivity contribution >= 4 is 12.0 Å². The van der Waals surface area contributed by atoms with Gasteiger partial charge in [-0.1, -0.05) is 0 Å². The Bertz CT molecular complexity index is 428. The molecule has 2 aliphatic carbocycles. The van der Waals surface area contributed by atoms with Gasteiger partial charge in [-0.2, -0.15) is 0 Å². The van der Waals surface area contributed by atoms with Crippen LogP contribution in [-0.2, 0) is 9.53 Å². The minimum atomic E-state index is -0.764. The molecule has 2 N–H and O–H groups in total. The first-order chi connectivity index (χ1) is 10.1. The zero-order valence-electron chi connectivity index (χ0n) is 12.5. The first-order valence-corrected chi connectivity index (χ1v) is 7.96. The molecule has 3 aliphatic rings. The summed E-state index contributed by atoms with van der Waals surface area (Å²) in [7, 11) is 0. The van der Waals surface area contributed by atoms with Gasteiger partial charge in [0.05, 0.1) is 12.0 Å². The minimum Gasteiger partial charge on any atom is -0.481 e. The van der Waals surface area contributed by atoms with Gasteiger partial charge >= 0.3 is 12.0 Å². The molecule has 5 unspecified atom stereocenters. The van der Waals surface area contributed by atoms with Crippen molar-refractivity contribution in [3.8, 4) is 0 Å². The SMILES string of the molecule is CC1CN(C(=O)NC2C3CCC(C3)C2C(=O)O)CCCO1. The molecule has 6 heteroatoms. The second kappa shape index (κ2) is 5.83. The number of nitrogens with zero attached hydrogens (tertiary/aromatic N) is 1. The average Bonchev–Trinajstić information content (AvgIpc) is 2.95. The molecule has 0 aromatic rings. The number of carboxylic acids is 1. The number of nitrogens with one attached hydrogen (secondary N) is 1. The van der Waals surface area contributed by atoms with Gasteiger partial charge in [0.15, 0.2) is 0 Å². The monoisotopic (exact) mass is 296 g/mol. The van der Waals surface area contributed by atoms with E-state index in [0.29, 0.717) is 25.6 Å². The maximum absolute atomic E-state index is 12.5. The number of carbonyl (C=O) groups excluding carboxylic acids is 1. The predicted molar refractivity (Wildman–Crippen MR) is 75.9 cm³/mol. The summed E-state index contributed by atoms with van der Waals surface area (Å²) >= 11 is 0. The summed E-state index contributed by atoms with van der Waals surface area (Å²) in [4.78, 5) is 25.7. The number of amides is 2. The number of carbonyl (C=O) groups is 2. The van der Waals surface area contributed by atoms with Gasteiger partial charge in [0, 0.05) is 25.7 Å². The number of fused-ring (bicyclic) bond motifs is 2. The van der Waals surface area contributed by atoms with Gasteiger partial charge in [0.25, 0.3) is 0 Å². The number of hydrogen-bond donors (Lipinski definition) is 2. The molecule has 1 saturated heterocycles. The number of ether oxygens (including phenoxy) is 1. The summed E-state index contributed by atoms with van der Waals surface area (Å²) in [5.41, 5.74) is 0. The number of hydrogen-bond acceptors (Lipinski definition) is 3. The van der Waals surface area contributed by atoms with E-state index < -0.39 is 11.9 Å². The van der Waals surface area contributed by atoms with E-state index in [-0.39, 0.29) is 24.1 Å². The molecule has 1 heterocycles. The number of aliphatic carboxylic acids is 1. The van der Waals surface area contributed by atoms with Gasteiger partial charge in [0.1, 0.15) is 0 Å². The van der Waals surface area contributed by atoms with Gasteiger partial charge in [-0.05, 0) is 44.4 Å². The molecular weight excluding hydrogens is 272 g/mol. The van der Waals surface area contributed by atoms with Crippen LogP contribution in [0.15, 0.2) is 0 Å². The van der Waals surface area contributed by atoms with E-state index in [0.717, 1.165) is 25.7 Å². The standard InChI is InChI=1S/C15H24N2O4/c1-9-8-17(5-2-6-21-9)15(20)16-13-11-4-3-10(7-11)12(13)14(18)19/h9-13H,2-8H2,1H3,(H,16,20)(H,18,19). The number of rotatable bonds is 2. The van der Waals surface area contributed by atoms with Crippen LogP contribution in [0.5, 0.6) is 0 Å². The third-order valence-electron chi connectivity index (χ3n) is 5.23. The minimum absolute atomic E-state index is 0.0357. The lowest BCUT2D eigenvalue weighted by Crippen LogP contribution is -2.52. The quantitative estimate of drug-likeness (QED) is 0.805. The molecule has 3 fully saturated rings. The highest BCUT2D eigenvalue weighted by Gasteiger charge is 2.51. The maximum Gasteiger partial charge on any atom is 0.317 e. The molecule has 0 aromatic carbocycles. The van der Waals surface area contributed by atoms with E-state index in [4.69, 9.17) is 4.74 Å². The Morgan fingerprint density at radius 1 is 1.29 bits per heavy atom. The second-order valence-corrected chi connectivity index (χ2v) is 6.65. The molecule has 118 valence electrons. The zero-order valence-corrected chi connectivity index (χ0v) is 12.5. The topological polar surface area (TPSA) is 78.9 Å². The molecule has 2 amide bonds. The Balaban J connectivity index is 1.64. The zero-order chi connectivity index (χ0) is 15.0. The van der Waals surface area contributed by atoms with E-state index in [1.54, 1.807) is 4.90 Å². The third kappa shape index (κ3) is 2.86. The largest absolute Gasteiger partial charge is 0.481 e. The normalized spacial score (nSPS) is 39.1. The summed E-state index contributed by atoms with van der Waals surface area (Å²) < 4.78 is 5.55. The molecule has 6 nitrogen and oxygen atoms in total. The van der Waals surface area contributed by atoms with Crippen molar-refractivity contribution in [2.24, 2.45) is 17.8 Å². The Morgan fingerprint density at radius 3 is 2.81 bits per heavy atom. The molecule has 1 aliphatic heterocycles. The van der Waals surface area contributed by atoms with Crippen molar-refractivity contribution in [1.29, 1.82) is 0 Å². The molecule has 21 heavy (non-hydrogen) atoms. The smallest absolute Gasteiger partial charge is 0.317 e. The maximum atomic E-state index is 12.5. The molecular formula is C15H24N2O4. The summed E-state index contributed by atoms with van der Waals surface area (Å²) in [6.45, 7) is 3.89. The third-order valence-corrected chi connectivity index (χ3v) is 5.23. The van der Waals surface area contributed by atoms with Crippen molar-refractivity contribution in [3.63, 3.8) is 0 Å². The van der Waals surface area contributed by atoms with E-state index >= 15 is 0 Å². The van der Waals surface area contributed by atoms with Gasteiger partial charge < -0.3 is 20.1 Å². The molecule has 2 bridgehead atoms. The highest BCUT2D eigenvalue weighted by Crippen LogP contribution is 2.48. The van der Waals surface area contributed by atoms with Gasteiger partial charge in [-0.15, -0.1) is 0 Å². The van der Waals surface area contributed by atoms with E-state index in [2.05, 4.69) is 5.32 Å². The molecule has 0 spiro atoms. The van der Waals surface area contributed by atoms with Crippen molar-refractivity contribution in [3.05, 3.63) is 0 Å². The van der Waals surface area contributed by atoms with Crippen LogP contribution in [-0.4, -0.2) is 53.8 Å². The van der Waals surface area contributed by atoms with E-state index in [9.17, 15) is 14.7 Å². The average molecular weight is 296 g/mol. The predicted octanol–water partition coefficient (Wildman–Crippen LogP) is 1.31. The van der Waals surface area contributed by atoms with Gasteiger partial charge in [-0.25, -0.2) is 4.79 Å². The molecule has 5 atom stereocenters. The van der Waals surface area contributed by atoms with Crippen LogP contribution in [0.1, 0.15) is 32.6 Å². The lowest BCUT2D eigenvalue weighted by atomic mass is 9.84. The Hall–Kier alpha value is -1.30. The molecule has 0 radical (unpaired) electrons. The van der Waals surface area contributed by atoms with Crippen LogP contribution in [0.2, 0.25) is 0 Å². The summed E-state index contributed by atoms with van der Waals surface area (Å²) in [6, 6.07) is -0.329. The van der Waals surface area contributed by atoms with E-state index in [1.165, 1.54) is 0 Å². The fourth-order valence-electron chi connectivity index (χ4n) is 4.27. The van der Waals surface area contributed by atoms with E-state index in [1.807, 2.05) is 6.92 Å². The number of urea groups is 1. The van der Waals surface area contributed by atoms with Gasteiger partial charge in [0.2, 0.25) is 0 Å². The Morgan fingerprint density at radius 2 is 2.05 bits per heavy atom. The first kappa shape index (κ1) is 14.6. The van der Waals surface area contributed by atoms with Crippen LogP contribution in [0.3, 0.4) is 0 Å². The first-order valence-electron chi connectivity index (χ1n) is 7.96. The summed E-state index contributed by atoms with van der Waals surface area (Å²) in [5, 5.41) is 12.4. The fourth-order valence-corrected chi connectivity index (χ4v) is 4.27. The van der Waals surface area contributed by atoms with Gasteiger partial charge in [-0.3, -0.25) is 4.79 Å². The molecule has 3 rings (SSSR count). The fraction of sp³-hybridized carbons (Fsp3) is 0.867. The molecule has 2 saturated carbocycles. The highest BCUT2D eigenvalue weighted by atomic mass is 16.5. The highest BCUT2D eigenvalue weighted by molar-refractivity contribution is 5.77. The second-order valence-electron chi connectivity index (χ2n) is 6.65. The lowest BCUT2D eigenvalue weighted by molar-refractivity contribution is -0.144. The van der Waals surface area contributed by atoms with Crippen LogP contribution in [0.4, 0.5) is 4.79 Å². The van der Waals surface area contributed by atoms with Crippen LogP contribution in [0, 0.1) is 17.8 Å². The van der Waals surface area contributed by atoms with Crippen molar-refractivity contribution in [1.82, 2.24) is 10.2 Å². The number of carboxylic acid groups (broad SMARTS) is 1. The van der Waals surface area contributed by atoms with Crippen LogP contribution >= 0.6 is 0 Å². The van der Waals surface area contributed by atoms with Crippen molar-refractivity contribution in [2.45, 2.75) is 44.8 Å². The molecule has 0 aromatic heterocycles.